The third-order valence-electron chi connectivity index (χ3n) is 5.70. The third kappa shape index (κ3) is 5.93. The maximum absolute atomic E-state index is 14.7. The molecule has 1 amide bonds. The molecule has 12 heteroatoms. The molecule has 0 saturated heterocycles. The second kappa shape index (κ2) is 12.7. The van der Waals surface area contributed by atoms with E-state index in [-0.39, 0.29) is 48.1 Å². The van der Waals surface area contributed by atoms with Crippen molar-refractivity contribution < 1.29 is 18.3 Å². The number of nitrogens with one attached hydrogen (secondary N) is 2. The summed E-state index contributed by atoms with van der Waals surface area (Å²) in [6.07, 6.45) is 5.25. The number of aromatic nitrogens is 3. The van der Waals surface area contributed by atoms with Crippen molar-refractivity contribution in [3.05, 3.63) is 71.7 Å². The van der Waals surface area contributed by atoms with E-state index in [1.165, 1.54) is 31.6 Å². The summed E-state index contributed by atoms with van der Waals surface area (Å²) in [5, 5.41) is 6.09. The molecular weight excluding hydrogens is 525 g/mol. The molecule has 2 heterocycles. The fourth-order valence-electron chi connectivity index (χ4n) is 3.78. The molecule has 4 N–H and O–H groups in total. The van der Waals surface area contributed by atoms with E-state index >= 15 is 0 Å². The fraction of sp³-hybridized carbons (Fsp3) is 0.240. The second-order valence-electron chi connectivity index (χ2n) is 8.02. The average molecular weight is 553 g/mol. The molecule has 37 heavy (non-hydrogen) atoms. The standard InChI is InChI=1S/C25H26F2N6O2.2ClH/c1-4-15-11-16(5-6-17(15)25(34)31-14(2)12-28)32-23-24-30-13-19(33(24)10-9-29-23)18-7-8-20(35-3)22(27)21(18)26;;/h5-11,13-14H,4,12,28H2,1-3H3,(H,29,32)(H,31,34);2*1H/t14-;;/m0../s1. The Morgan fingerprint density at radius 1 is 1.16 bits per heavy atom. The predicted octanol–water partition coefficient (Wildman–Crippen LogP) is 4.91. The Balaban J connectivity index is 0.00000241. The maximum Gasteiger partial charge on any atom is 0.251 e. The van der Waals surface area contributed by atoms with Gasteiger partial charge in [0.05, 0.1) is 19.0 Å². The summed E-state index contributed by atoms with van der Waals surface area (Å²) < 4.78 is 35.5. The number of aryl methyl sites for hydroxylation is 1. The van der Waals surface area contributed by atoms with Crippen LogP contribution in [-0.2, 0) is 6.42 Å². The second-order valence-corrected chi connectivity index (χ2v) is 8.02. The summed E-state index contributed by atoms with van der Waals surface area (Å²) in [6, 6.07) is 8.06. The summed E-state index contributed by atoms with van der Waals surface area (Å²) in [5.74, 6) is -2.03. The van der Waals surface area contributed by atoms with Gasteiger partial charge in [0.2, 0.25) is 5.82 Å². The molecule has 8 nitrogen and oxygen atoms in total. The van der Waals surface area contributed by atoms with Crippen molar-refractivity contribution in [3.63, 3.8) is 0 Å². The number of carbonyl (C=O) groups excluding carboxylic acids is 1. The molecule has 1 atom stereocenters. The number of halogens is 4. The quantitative estimate of drug-likeness (QED) is 0.286. The van der Waals surface area contributed by atoms with E-state index in [1.54, 1.807) is 22.7 Å². The van der Waals surface area contributed by atoms with Crippen molar-refractivity contribution in [2.24, 2.45) is 5.73 Å². The number of ether oxygens (including phenoxy) is 1. The topological polar surface area (TPSA) is 107 Å². The van der Waals surface area contributed by atoms with E-state index in [2.05, 4.69) is 20.6 Å². The molecule has 0 aliphatic carbocycles. The molecule has 2 aromatic carbocycles. The number of carbonyl (C=O) groups is 1. The molecule has 0 aliphatic heterocycles. The van der Waals surface area contributed by atoms with Crippen molar-refractivity contribution in [1.29, 1.82) is 0 Å². The molecule has 0 unspecified atom stereocenters. The minimum Gasteiger partial charge on any atom is -0.494 e. The summed E-state index contributed by atoms with van der Waals surface area (Å²) in [6.45, 7) is 4.16. The lowest BCUT2D eigenvalue weighted by atomic mass is 10.0. The van der Waals surface area contributed by atoms with E-state index in [1.807, 2.05) is 19.9 Å². The van der Waals surface area contributed by atoms with Gasteiger partial charge in [-0.1, -0.05) is 6.92 Å². The monoisotopic (exact) mass is 552 g/mol. The van der Waals surface area contributed by atoms with Crippen molar-refractivity contribution in [2.45, 2.75) is 26.3 Å². The number of nitrogens with zero attached hydrogens (tertiary/aromatic N) is 3. The Hall–Kier alpha value is -3.47. The van der Waals surface area contributed by atoms with Gasteiger partial charge in [-0.25, -0.2) is 14.4 Å². The molecule has 0 radical (unpaired) electrons. The lowest BCUT2D eigenvalue weighted by molar-refractivity contribution is 0.0940. The van der Waals surface area contributed by atoms with Crippen molar-refractivity contribution >= 4 is 47.9 Å². The van der Waals surface area contributed by atoms with Crippen LogP contribution in [-0.4, -0.2) is 40.0 Å². The van der Waals surface area contributed by atoms with Crippen LogP contribution in [0.5, 0.6) is 5.75 Å². The molecule has 4 aromatic rings. The number of amides is 1. The number of nitrogens with two attached hydrogens (primary N) is 1. The molecular formula is C25H28Cl2F2N6O2. The number of imidazole rings is 1. The highest BCUT2D eigenvalue weighted by Gasteiger charge is 2.19. The Morgan fingerprint density at radius 2 is 1.92 bits per heavy atom. The van der Waals surface area contributed by atoms with Gasteiger partial charge in [0.15, 0.2) is 23.0 Å². The molecule has 2 aromatic heterocycles. The Morgan fingerprint density at radius 3 is 2.59 bits per heavy atom. The minimum absolute atomic E-state index is 0. The van der Waals surface area contributed by atoms with Crippen LogP contribution in [0, 0.1) is 11.6 Å². The summed E-state index contributed by atoms with van der Waals surface area (Å²) in [5.41, 5.74) is 8.57. The number of anilines is 2. The van der Waals surface area contributed by atoms with Crippen LogP contribution < -0.4 is 21.1 Å². The van der Waals surface area contributed by atoms with E-state index in [0.29, 0.717) is 41.4 Å². The van der Waals surface area contributed by atoms with Crippen LogP contribution in [0.4, 0.5) is 20.3 Å². The van der Waals surface area contributed by atoms with Crippen LogP contribution in [0.1, 0.15) is 29.8 Å². The number of hydrogen-bond donors (Lipinski definition) is 3. The number of fused-ring (bicyclic) bond motifs is 1. The van der Waals surface area contributed by atoms with Gasteiger partial charge in [-0.05, 0) is 49.2 Å². The van der Waals surface area contributed by atoms with Gasteiger partial charge in [-0.15, -0.1) is 24.8 Å². The first-order valence-corrected chi connectivity index (χ1v) is 11.1. The smallest absolute Gasteiger partial charge is 0.251 e. The third-order valence-corrected chi connectivity index (χ3v) is 5.70. The SMILES string of the molecule is CCc1cc(Nc2nccn3c(-c4ccc(OC)c(F)c4F)cnc23)ccc1C(=O)N[C@@H](C)CN.Cl.Cl. The van der Waals surface area contributed by atoms with Gasteiger partial charge in [0.25, 0.3) is 5.91 Å². The molecule has 4 rings (SSSR count). The summed E-state index contributed by atoms with van der Waals surface area (Å²) in [7, 11) is 1.28. The van der Waals surface area contributed by atoms with Crippen LogP contribution in [0.25, 0.3) is 16.9 Å². The van der Waals surface area contributed by atoms with Gasteiger partial charge in [-0.3, -0.25) is 9.20 Å². The molecule has 0 aliphatic rings. The van der Waals surface area contributed by atoms with E-state index < -0.39 is 11.6 Å². The van der Waals surface area contributed by atoms with Crippen LogP contribution in [0.2, 0.25) is 0 Å². The van der Waals surface area contributed by atoms with Gasteiger partial charge >= 0.3 is 0 Å². The molecule has 0 bridgehead atoms. The zero-order valence-electron chi connectivity index (χ0n) is 20.4. The predicted molar refractivity (Wildman–Crippen MR) is 144 cm³/mol. The highest BCUT2D eigenvalue weighted by atomic mass is 35.5. The molecule has 0 spiro atoms. The normalized spacial score (nSPS) is 11.3. The highest BCUT2D eigenvalue weighted by Crippen LogP contribution is 2.31. The Kier molecular flexibility index (Phi) is 10.2. The number of methoxy groups -OCH3 is 1. The summed E-state index contributed by atoms with van der Waals surface area (Å²) >= 11 is 0. The lowest BCUT2D eigenvalue weighted by Crippen LogP contribution is -2.38. The largest absolute Gasteiger partial charge is 0.494 e. The van der Waals surface area contributed by atoms with Gasteiger partial charge in [-0.2, -0.15) is 4.39 Å². The highest BCUT2D eigenvalue weighted by molar-refractivity contribution is 5.96. The van der Waals surface area contributed by atoms with Crippen LogP contribution in [0.3, 0.4) is 0 Å². The van der Waals surface area contributed by atoms with Gasteiger partial charge in [0.1, 0.15) is 0 Å². The van der Waals surface area contributed by atoms with Crippen molar-refractivity contribution in [3.8, 4) is 17.0 Å². The number of benzene rings is 2. The van der Waals surface area contributed by atoms with Crippen LogP contribution in [0.15, 0.2) is 48.9 Å². The lowest BCUT2D eigenvalue weighted by Gasteiger charge is -2.15. The van der Waals surface area contributed by atoms with Crippen molar-refractivity contribution in [1.82, 2.24) is 19.7 Å². The zero-order chi connectivity index (χ0) is 25.1. The fourth-order valence-corrected chi connectivity index (χ4v) is 3.78. The zero-order valence-corrected chi connectivity index (χ0v) is 22.1. The number of hydrogen-bond acceptors (Lipinski definition) is 6. The Bertz CT molecular complexity index is 1400. The first-order valence-electron chi connectivity index (χ1n) is 11.1. The Labute approximate surface area is 225 Å². The minimum atomic E-state index is -1.07. The van der Waals surface area contributed by atoms with Crippen molar-refractivity contribution in [2.75, 3.05) is 19.0 Å². The maximum atomic E-state index is 14.7. The first-order chi connectivity index (χ1) is 16.9. The molecule has 0 saturated carbocycles. The van der Waals surface area contributed by atoms with Gasteiger partial charge < -0.3 is 21.1 Å². The van der Waals surface area contributed by atoms with E-state index in [0.717, 1.165) is 5.56 Å². The number of rotatable bonds is 8. The first kappa shape index (κ1) is 29.8. The molecule has 198 valence electrons. The summed E-state index contributed by atoms with van der Waals surface area (Å²) in [4.78, 5) is 21.3. The molecule has 0 fully saturated rings. The van der Waals surface area contributed by atoms with Gasteiger partial charge in [0, 0.05) is 41.8 Å². The van der Waals surface area contributed by atoms with E-state index in [4.69, 9.17) is 10.5 Å². The average Bonchev–Trinajstić information content (AvgIpc) is 3.30. The van der Waals surface area contributed by atoms with E-state index in [9.17, 15) is 13.6 Å². The van der Waals surface area contributed by atoms with Crippen LogP contribution >= 0.6 is 24.8 Å².